The first kappa shape index (κ1) is 17.1. The maximum atomic E-state index is 12.3. The molecule has 0 saturated heterocycles. The summed E-state index contributed by atoms with van der Waals surface area (Å²) in [6.45, 7) is 0. The van der Waals surface area contributed by atoms with Crippen molar-refractivity contribution in [2.24, 2.45) is 11.8 Å². The predicted octanol–water partition coefficient (Wildman–Crippen LogP) is 1.17. The molecule has 1 aromatic heterocycles. The van der Waals surface area contributed by atoms with E-state index in [2.05, 4.69) is 16.4 Å². The Kier molecular flexibility index (Phi) is 4.10. The van der Waals surface area contributed by atoms with Crippen LogP contribution in [0.25, 0.3) is 10.8 Å². The number of nitrogens with one attached hydrogen (secondary N) is 1. The van der Waals surface area contributed by atoms with Crippen molar-refractivity contribution in [2.45, 2.75) is 11.3 Å². The van der Waals surface area contributed by atoms with Crippen molar-refractivity contribution >= 4 is 38.2 Å². The lowest BCUT2D eigenvalue weighted by atomic mass is 10.1. The SMILES string of the molecule is CN(C)S(=O)(=O)c1cc(N)c2cnc(NC(=O)[C@@H]3CC3C#N)cc2c1. The Morgan fingerprint density at radius 2 is 2.12 bits per heavy atom. The number of carbonyl (C=O) groups excluding carboxylic acids is 1. The molecule has 2 atom stereocenters. The molecule has 2 aromatic rings. The van der Waals surface area contributed by atoms with Crippen LogP contribution in [0.1, 0.15) is 6.42 Å². The summed E-state index contributed by atoms with van der Waals surface area (Å²) < 4.78 is 25.7. The van der Waals surface area contributed by atoms with E-state index >= 15 is 0 Å². The molecule has 1 fully saturated rings. The number of hydrogen-bond acceptors (Lipinski definition) is 6. The molecule has 9 heteroatoms. The van der Waals surface area contributed by atoms with Crippen LogP contribution in [0.5, 0.6) is 0 Å². The van der Waals surface area contributed by atoms with Crippen LogP contribution in [0.3, 0.4) is 0 Å². The molecular weight excluding hydrogens is 342 g/mol. The van der Waals surface area contributed by atoms with E-state index in [0.29, 0.717) is 23.0 Å². The average molecular weight is 359 g/mol. The van der Waals surface area contributed by atoms with E-state index in [0.717, 1.165) is 4.31 Å². The van der Waals surface area contributed by atoms with Gasteiger partial charge in [-0.25, -0.2) is 17.7 Å². The van der Waals surface area contributed by atoms with Crippen molar-refractivity contribution in [3.63, 3.8) is 0 Å². The van der Waals surface area contributed by atoms with Crippen molar-refractivity contribution in [3.8, 4) is 6.07 Å². The number of pyridine rings is 1. The van der Waals surface area contributed by atoms with Gasteiger partial charge < -0.3 is 11.1 Å². The zero-order valence-corrected chi connectivity index (χ0v) is 14.5. The Bertz CT molecular complexity index is 1010. The minimum atomic E-state index is -3.63. The molecule has 8 nitrogen and oxygen atoms in total. The van der Waals surface area contributed by atoms with Gasteiger partial charge in [-0.05, 0) is 30.0 Å². The van der Waals surface area contributed by atoms with Gasteiger partial charge in [-0.2, -0.15) is 5.26 Å². The number of anilines is 2. The Labute approximate surface area is 145 Å². The molecule has 3 rings (SSSR count). The smallest absolute Gasteiger partial charge is 0.242 e. The lowest BCUT2D eigenvalue weighted by Crippen LogP contribution is -2.22. The van der Waals surface area contributed by atoms with Crippen molar-refractivity contribution < 1.29 is 13.2 Å². The van der Waals surface area contributed by atoms with Gasteiger partial charge in [0.1, 0.15) is 5.82 Å². The number of benzene rings is 1. The topological polar surface area (TPSA) is 129 Å². The summed E-state index contributed by atoms with van der Waals surface area (Å²) in [5.41, 5.74) is 6.24. The lowest BCUT2D eigenvalue weighted by molar-refractivity contribution is -0.117. The van der Waals surface area contributed by atoms with Gasteiger partial charge in [0.2, 0.25) is 15.9 Å². The third kappa shape index (κ3) is 3.14. The first-order valence-electron chi connectivity index (χ1n) is 7.56. The van der Waals surface area contributed by atoms with E-state index in [1.807, 2.05) is 0 Å². The zero-order valence-electron chi connectivity index (χ0n) is 13.7. The number of nitrogens with zero attached hydrogens (tertiary/aromatic N) is 3. The van der Waals surface area contributed by atoms with Crippen LogP contribution in [-0.4, -0.2) is 37.7 Å². The highest BCUT2D eigenvalue weighted by Crippen LogP contribution is 2.38. The monoisotopic (exact) mass is 359 g/mol. The fourth-order valence-electron chi connectivity index (χ4n) is 2.53. The van der Waals surface area contributed by atoms with E-state index in [1.54, 1.807) is 6.07 Å². The molecule has 1 aromatic carbocycles. The number of fused-ring (bicyclic) bond motifs is 1. The summed E-state index contributed by atoms with van der Waals surface area (Å²) in [7, 11) is -0.752. The number of nitrogens with two attached hydrogens (primary N) is 1. The van der Waals surface area contributed by atoms with Crippen LogP contribution in [0.15, 0.2) is 29.3 Å². The lowest BCUT2D eigenvalue weighted by Gasteiger charge is -2.13. The van der Waals surface area contributed by atoms with Gasteiger partial charge in [0.05, 0.1) is 22.8 Å². The van der Waals surface area contributed by atoms with Gasteiger partial charge in [-0.1, -0.05) is 0 Å². The summed E-state index contributed by atoms with van der Waals surface area (Å²) in [6, 6.07) is 6.51. The zero-order chi connectivity index (χ0) is 18.4. The Balaban J connectivity index is 1.96. The van der Waals surface area contributed by atoms with Crippen molar-refractivity contribution in [1.82, 2.24) is 9.29 Å². The molecule has 0 bridgehead atoms. The third-order valence-corrected chi connectivity index (χ3v) is 5.96. The van der Waals surface area contributed by atoms with Gasteiger partial charge >= 0.3 is 0 Å². The summed E-state index contributed by atoms with van der Waals surface area (Å²) in [4.78, 5) is 16.2. The van der Waals surface area contributed by atoms with Gasteiger partial charge in [0.25, 0.3) is 0 Å². The molecule has 0 aliphatic heterocycles. The van der Waals surface area contributed by atoms with Crippen LogP contribution in [0, 0.1) is 23.2 Å². The third-order valence-electron chi connectivity index (χ3n) is 4.17. The minimum Gasteiger partial charge on any atom is -0.398 e. The summed E-state index contributed by atoms with van der Waals surface area (Å²) in [5.74, 6) is -0.524. The number of aromatic nitrogens is 1. The largest absolute Gasteiger partial charge is 0.398 e. The van der Waals surface area contributed by atoms with Crippen LogP contribution in [0.4, 0.5) is 11.5 Å². The molecule has 130 valence electrons. The number of amides is 1. The Hall–Kier alpha value is -2.70. The standard InChI is InChI=1S/C16H17N5O3S/c1-21(2)25(23,24)11-3-9-5-15(19-8-13(9)14(18)6-11)20-16(22)12-4-10(12)7-17/h3,5-6,8,10,12H,4,18H2,1-2H3,(H,19,20,22)/t10?,12-/m1/s1. The molecule has 25 heavy (non-hydrogen) atoms. The van der Waals surface area contributed by atoms with Gasteiger partial charge in [-0.15, -0.1) is 0 Å². The fourth-order valence-corrected chi connectivity index (χ4v) is 3.51. The second kappa shape index (κ2) is 5.98. The second-order valence-electron chi connectivity index (χ2n) is 6.16. The summed E-state index contributed by atoms with van der Waals surface area (Å²) >= 11 is 0. The van der Waals surface area contributed by atoms with Gasteiger partial charge in [0.15, 0.2) is 0 Å². The maximum Gasteiger partial charge on any atom is 0.242 e. The van der Waals surface area contributed by atoms with Crippen LogP contribution >= 0.6 is 0 Å². The van der Waals surface area contributed by atoms with Gasteiger partial charge in [0, 0.05) is 31.4 Å². The highest BCUT2D eigenvalue weighted by Gasteiger charge is 2.43. The van der Waals surface area contributed by atoms with Crippen LogP contribution < -0.4 is 11.1 Å². The molecule has 1 amide bonds. The Morgan fingerprint density at radius 3 is 2.72 bits per heavy atom. The fraction of sp³-hybridized carbons (Fsp3) is 0.312. The number of carbonyl (C=O) groups is 1. The molecule has 1 aliphatic carbocycles. The summed E-state index contributed by atoms with van der Waals surface area (Å²) in [6.07, 6.45) is 2.04. The van der Waals surface area contributed by atoms with Crippen molar-refractivity contribution in [2.75, 3.05) is 25.1 Å². The first-order valence-corrected chi connectivity index (χ1v) is 9.00. The van der Waals surface area contributed by atoms with E-state index in [1.165, 1.54) is 32.4 Å². The number of nitriles is 1. The van der Waals surface area contributed by atoms with Crippen LogP contribution in [-0.2, 0) is 14.8 Å². The molecule has 0 spiro atoms. The predicted molar refractivity (Wildman–Crippen MR) is 92.9 cm³/mol. The normalized spacial score (nSPS) is 19.6. The highest BCUT2D eigenvalue weighted by molar-refractivity contribution is 7.89. The summed E-state index contributed by atoms with van der Waals surface area (Å²) in [5, 5.41) is 12.6. The minimum absolute atomic E-state index is 0.0673. The average Bonchev–Trinajstić information content (AvgIpc) is 3.34. The second-order valence-corrected chi connectivity index (χ2v) is 8.31. The number of sulfonamides is 1. The van der Waals surface area contributed by atoms with Crippen molar-refractivity contribution in [1.29, 1.82) is 5.26 Å². The molecular formula is C16H17N5O3S. The number of nitrogen functional groups attached to an aromatic ring is 1. The van der Waals surface area contributed by atoms with Gasteiger partial charge in [-0.3, -0.25) is 4.79 Å². The van der Waals surface area contributed by atoms with E-state index in [4.69, 9.17) is 11.0 Å². The first-order chi connectivity index (χ1) is 11.7. The number of rotatable bonds is 4. The Morgan fingerprint density at radius 1 is 1.40 bits per heavy atom. The molecule has 1 unspecified atom stereocenters. The van der Waals surface area contributed by atoms with E-state index in [9.17, 15) is 13.2 Å². The maximum absolute atomic E-state index is 12.3. The highest BCUT2D eigenvalue weighted by atomic mass is 32.2. The molecule has 1 heterocycles. The van der Waals surface area contributed by atoms with E-state index in [-0.39, 0.29) is 28.3 Å². The van der Waals surface area contributed by atoms with E-state index < -0.39 is 10.0 Å². The molecule has 1 aliphatic rings. The molecule has 3 N–H and O–H groups in total. The van der Waals surface area contributed by atoms with Crippen LogP contribution in [0.2, 0.25) is 0 Å². The molecule has 0 radical (unpaired) electrons. The van der Waals surface area contributed by atoms with Crippen molar-refractivity contribution in [3.05, 3.63) is 24.4 Å². The molecule has 1 saturated carbocycles. The number of hydrogen-bond donors (Lipinski definition) is 2. The quantitative estimate of drug-likeness (QED) is 0.788.